The lowest BCUT2D eigenvalue weighted by atomic mass is 10.1. The Bertz CT molecular complexity index is 1230. The van der Waals surface area contributed by atoms with E-state index in [0.29, 0.717) is 66.7 Å². The first-order valence-corrected chi connectivity index (χ1v) is 13.4. The molecule has 0 N–H and O–H groups in total. The standard InChI is InChI=1S/C29H32N4O6/c1-36-18-4-6-22-20(14-18)28(34)32-10-8-26(24(32)16-30-22)38-12-3-13-39-27-9-11-33-25(27)17-31-23-7-5-19(37-2)15-21(23)29(33)35/h4-7,14-17,24-27H,3,8-13H2,1-2H3/t24-,25-,26?,27?/m0/s1. The maximum Gasteiger partial charge on any atom is 0.256 e. The van der Waals surface area contributed by atoms with Crippen molar-refractivity contribution in [1.29, 1.82) is 0 Å². The molecular weight excluding hydrogens is 500 g/mol. The third-order valence-corrected chi connectivity index (χ3v) is 7.87. The van der Waals surface area contributed by atoms with Gasteiger partial charge in [-0.1, -0.05) is 0 Å². The van der Waals surface area contributed by atoms with E-state index in [4.69, 9.17) is 18.9 Å². The summed E-state index contributed by atoms with van der Waals surface area (Å²) in [6.45, 7) is 2.26. The predicted molar refractivity (Wildman–Crippen MR) is 145 cm³/mol. The molecule has 39 heavy (non-hydrogen) atoms. The van der Waals surface area contributed by atoms with Crippen molar-refractivity contribution in [2.45, 2.75) is 43.6 Å². The topological polar surface area (TPSA) is 102 Å². The number of rotatable bonds is 8. The maximum absolute atomic E-state index is 13.2. The van der Waals surface area contributed by atoms with Gasteiger partial charge in [-0.2, -0.15) is 0 Å². The number of carbonyl (C=O) groups excluding carboxylic acids is 2. The molecule has 2 saturated heterocycles. The molecule has 10 heteroatoms. The Hall–Kier alpha value is -3.76. The van der Waals surface area contributed by atoms with Crippen LogP contribution in [0.2, 0.25) is 0 Å². The Labute approximate surface area is 227 Å². The summed E-state index contributed by atoms with van der Waals surface area (Å²) in [6, 6.07) is 10.3. The third-order valence-electron chi connectivity index (χ3n) is 7.87. The Morgan fingerprint density at radius 3 is 1.64 bits per heavy atom. The molecule has 4 aliphatic heterocycles. The Kier molecular flexibility index (Phi) is 7.05. The summed E-state index contributed by atoms with van der Waals surface area (Å²) in [5.41, 5.74) is 2.40. The van der Waals surface area contributed by atoms with Crippen molar-refractivity contribution >= 4 is 35.6 Å². The van der Waals surface area contributed by atoms with Gasteiger partial charge in [-0.15, -0.1) is 0 Å². The maximum atomic E-state index is 13.2. The number of benzene rings is 2. The summed E-state index contributed by atoms with van der Waals surface area (Å²) >= 11 is 0. The van der Waals surface area contributed by atoms with Crippen molar-refractivity contribution in [3.05, 3.63) is 47.5 Å². The van der Waals surface area contributed by atoms with Crippen LogP contribution in [0.4, 0.5) is 11.4 Å². The van der Waals surface area contributed by atoms with Crippen LogP contribution in [0.5, 0.6) is 11.5 Å². The molecule has 0 aromatic heterocycles. The van der Waals surface area contributed by atoms with Gasteiger partial charge in [0.25, 0.3) is 11.8 Å². The van der Waals surface area contributed by atoms with E-state index in [-0.39, 0.29) is 36.1 Å². The number of fused-ring (bicyclic) bond motifs is 4. The van der Waals surface area contributed by atoms with Crippen molar-refractivity contribution in [2.24, 2.45) is 9.98 Å². The molecule has 2 fully saturated rings. The fourth-order valence-corrected chi connectivity index (χ4v) is 5.77. The van der Waals surface area contributed by atoms with E-state index < -0.39 is 0 Å². The van der Waals surface area contributed by atoms with E-state index in [0.717, 1.165) is 12.8 Å². The van der Waals surface area contributed by atoms with Crippen molar-refractivity contribution in [3.63, 3.8) is 0 Å². The van der Waals surface area contributed by atoms with Crippen LogP contribution >= 0.6 is 0 Å². The normalized spacial score (nSPS) is 25.1. The van der Waals surface area contributed by atoms with Crippen molar-refractivity contribution in [1.82, 2.24) is 9.80 Å². The molecule has 0 bridgehead atoms. The highest BCUT2D eigenvalue weighted by atomic mass is 16.5. The van der Waals surface area contributed by atoms with Crippen LogP contribution in [-0.4, -0.2) is 98.9 Å². The number of nitrogens with zero attached hydrogens (tertiary/aromatic N) is 4. The monoisotopic (exact) mass is 532 g/mol. The van der Waals surface area contributed by atoms with Gasteiger partial charge < -0.3 is 28.7 Å². The molecule has 0 aliphatic carbocycles. The van der Waals surface area contributed by atoms with E-state index in [1.54, 1.807) is 26.4 Å². The van der Waals surface area contributed by atoms with E-state index in [1.165, 1.54) is 0 Å². The number of methoxy groups -OCH3 is 2. The summed E-state index contributed by atoms with van der Waals surface area (Å²) in [7, 11) is 3.17. The number of ether oxygens (including phenoxy) is 4. The van der Waals surface area contributed by atoms with Gasteiger partial charge in [-0.3, -0.25) is 19.6 Å². The van der Waals surface area contributed by atoms with Crippen LogP contribution < -0.4 is 9.47 Å². The largest absolute Gasteiger partial charge is 0.497 e. The fourth-order valence-electron chi connectivity index (χ4n) is 5.77. The highest BCUT2D eigenvalue weighted by Crippen LogP contribution is 2.34. The SMILES string of the molecule is COc1ccc2c(c1)C(=O)N1CCC(OCCCOC3CCN4C(=O)c5cc(OC)ccc5N=C[C@@H]34)[C@@H]1C=N2. The number of amides is 2. The lowest BCUT2D eigenvalue weighted by Crippen LogP contribution is -2.41. The molecule has 2 aromatic rings. The zero-order chi connectivity index (χ0) is 26.9. The molecule has 2 unspecified atom stereocenters. The van der Waals surface area contributed by atoms with Crippen molar-refractivity contribution < 1.29 is 28.5 Å². The summed E-state index contributed by atoms with van der Waals surface area (Å²) in [6.07, 6.45) is 5.65. The van der Waals surface area contributed by atoms with Gasteiger partial charge in [0.15, 0.2) is 0 Å². The van der Waals surface area contributed by atoms with Gasteiger partial charge in [0.1, 0.15) is 11.5 Å². The smallest absolute Gasteiger partial charge is 0.256 e. The molecule has 0 radical (unpaired) electrons. The average Bonchev–Trinajstić information content (AvgIpc) is 3.49. The van der Waals surface area contributed by atoms with E-state index in [9.17, 15) is 9.59 Å². The van der Waals surface area contributed by atoms with Crippen LogP contribution in [-0.2, 0) is 9.47 Å². The van der Waals surface area contributed by atoms with Crippen molar-refractivity contribution in [2.75, 3.05) is 40.5 Å². The van der Waals surface area contributed by atoms with Gasteiger partial charge >= 0.3 is 0 Å². The lowest BCUT2D eigenvalue weighted by Gasteiger charge is -2.24. The molecular formula is C29H32N4O6. The van der Waals surface area contributed by atoms with Gasteiger partial charge in [-0.25, -0.2) is 0 Å². The van der Waals surface area contributed by atoms with Crippen LogP contribution in [0, 0.1) is 0 Å². The minimum Gasteiger partial charge on any atom is -0.497 e. The van der Waals surface area contributed by atoms with Crippen LogP contribution in [0.3, 0.4) is 0 Å². The summed E-state index contributed by atoms with van der Waals surface area (Å²) < 4.78 is 23.0. The Balaban J connectivity index is 1.01. The quantitative estimate of drug-likeness (QED) is 0.483. The zero-order valence-electron chi connectivity index (χ0n) is 22.1. The summed E-state index contributed by atoms with van der Waals surface area (Å²) in [5.74, 6) is 1.17. The summed E-state index contributed by atoms with van der Waals surface area (Å²) in [5, 5.41) is 0. The first-order chi connectivity index (χ1) is 19.1. The lowest BCUT2D eigenvalue weighted by molar-refractivity contribution is 0.00710. The Morgan fingerprint density at radius 2 is 1.21 bits per heavy atom. The van der Waals surface area contributed by atoms with Gasteiger partial charge in [0, 0.05) is 38.7 Å². The van der Waals surface area contributed by atoms with Gasteiger partial charge in [-0.05, 0) is 55.7 Å². The van der Waals surface area contributed by atoms with Crippen molar-refractivity contribution in [3.8, 4) is 11.5 Å². The molecule has 10 nitrogen and oxygen atoms in total. The second-order valence-electron chi connectivity index (χ2n) is 10.1. The predicted octanol–water partition coefficient (Wildman–Crippen LogP) is 3.43. The van der Waals surface area contributed by atoms with Crippen LogP contribution in [0.25, 0.3) is 0 Å². The van der Waals surface area contributed by atoms with Crippen LogP contribution in [0.15, 0.2) is 46.4 Å². The molecule has 4 aliphatic rings. The first-order valence-electron chi connectivity index (χ1n) is 13.4. The minimum atomic E-state index is -0.200. The molecule has 2 amide bonds. The van der Waals surface area contributed by atoms with Gasteiger partial charge in [0.2, 0.25) is 0 Å². The molecule has 0 spiro atoms. The van der Waals surface area contributed by atoms with Gasteiger partial charge in [0.05, 0.1) is 61.0 Å². The molecule has 204 valence electrons. The average molecular weight is 533 g/mol. The fraction of sp³-hybridized carbons (Fsp3) is 0.448. The minimum absolute atomic E-state index is 0.0492. The first kappa shape index (κ1) is 25.5. The zero-order valence-corrected chi connectivity index (χ0v) is 22.1. The number of carbonyl (C=O) groups is 2. The molecule has 2 aromatic carbocycles. The van der Waals surface area contributed by atoms with E-state index >= 15 is 0 Å². The number of hydrogen-bond acceptors (Lipinski definition) is 8. The Morgan fingerprint density at radius 1 is 0.744 bits per heavy atom. The number of aliphatic imine (C=N–C) groups is 2. The summed E-state index contributed by atoms with van der Waals surface area (Å²) in [4.78, 5) is 39.2. The second-order valence-corrected chi connectivity index (χ2v) is 10.1. The third kappa shape index (κ3) is 4.79. The highest BCUT2D eigenvalue weighted by molar-refractivity contribution is 6.04. The van der Waals surface area contributed by atoms with E-state index in [1.807, 2.05) is 46.5 Å². The molecule has 4 heterocycles. The van der Waals surface area contributed by atoms with E-state index in [2.05, 4.69) is 9.98 Å². The molecule has 6 rings (SSSR count). The number of hydrogen-bond donors (Lipinski definition) is 0. The highest BCUT2D eigenvalue weighted by Gasteiger charge is 2.40. The molecule has 0 saturated carbocycles. The van der Waals surface area contributed by atoms with Crippen LogP contribution in [0.1, 0.15) is 40.0 Å². The molecule has 4 atom stereocenters. The second kappa shape index (κ2) is 10.8.